The summed E-state index contributed by atoms with van der Waals surface area (Å²) in [5, 5.41) is 15.1. The first kappa shape index (κ1) is 23.7. The van der Waals surface area contributed by atoms with Crippen molar-refractivity contribution >= 4 is 17.4 Å². The van der Waals surface area contributed by atoms with E-state index in [-0.39, 0.29) is 5.41 Å². The molecule has 34 heavy (non-hydrogen) atoms. The molecule has 0 unspecified atom stereocenters. The summed E-state index contributed by atoms with van der Waals surface area (Å²) < 4.78 is 7.72. The number of anilines is 1. The van der Waals surface area contributed by atoms with E-state index in [1.54, 1.807) is 0 Å². The van der Waals surface area contributed by atoms with Gasteiger partial charge in [-0.25, -0.2) is 0 Å². The first-order valence-electron chi connectivity index (χ1n) is 12.1. The van der Waals surface area contributed by atoms with Crippen molar-refractivity contribution in [1.29, 1.82) is 0 Å². The zero-order valence-corrected chi connectivity index (χ0v) is 21.4. The summed E-state index contributed by atoms with van der Waals surface area (Å²) >= 11 is 0. The van der Waals surface area contributed by atoms with Crippen LogP contribution in [-0.4, -0.2) is 39.5 Å². The Hall–Kier alpha value is -3.41. The van der Waals surface area contributed by atoms with Gasteiger partial charge >= 0.3 is 0 Å². The largest absolute Gasteiger partial charge is 0.493 e. The van der Waals surface area contributed by atoms with Gasteiger partial charge in [-0.05, 0) is 69.2 Å². The van der Waals surface area contributed by atoms with Crippen LogP contribution in [-0.2, 0) is 5.41 Å². The average Bonchev–Trinajstić information content (AvgIpc) is 3.37. The molecule has 0 saturated heterocycles. The molecule has 0 aliphatic carbocycles. The molecule has 2 aromatic carbocycles. The van der Waals surface area contributed by atoms with Crippen molar-refractivity contribution in [3.05, 3.63) is 64.5 Å². The molecule has 0 N–H and O–H groups in total. The summed E-state index contributed by atoms with van der Waals surface area (Å²) in [5.41, 5.74) is 6.14. The van der Waals surface area contributed by atoms with Crippen LogP contribution < -0.4 is 14.9 Å². The Bertz CT molecular complexity index is 1350. The number of ether oxygens (including phenoxy) is 1. The smallest absolute Gasteiger partial charge is 0.189 e. The number of aromatic nitrogens is 4. The summed E-state index contributed by atoms with van der Waals surface area (Å²) in [7, 11) is 0. The molecule has 0 aliphatic heterocycles. The highest BCUT2D eigenvalue weighted by atomic mass is 16.5. The van der Waals surface area contributed by atoms with Crippen molar-refractivity contribution in [1.82, 2.24) is 19.8 Å². The molecule has 0 fully saturated rings. The molecule has 0 atom stereocenters. The van der Waals surface area contributed by atoms with Gasteiger partial charge in [-0.3, -0.25) is 0 Å². The van der Waals surface area contributed by atoms with Crippen LogP contribution in [0.2, 0.25) is 0 Å². The summed E-state index contributed by atoms with van der Waals surface area (Å²) in [6, 6.07) is 14.6. The number of rotatable bonds is 7. The van der Waals surface area contributed by atoms with Crippen LogP contribution in [0.5, 0.6) is 5.75 Å². The Morgan fingerprint density at radius 3 is 2.38 bits per heavy atom. The van der Waals surface area contributed by atoms with Crippen LogP contribution in [0.15, 0.2) is 42.5 Å². The Labute approximate surface area is 202 Å². The second kappa shape index (κ2) is 9.45. The van der Waals surface area contributed by atoms with Crippen molar-refractivity contribution < 1.29 is 4.74 Å². The van der Waals surface area contributed by atoms with E-state index < -0.39 is 0 Å². The summed E-state index contributed by atoms with van der Waals surface area (Å²) in [4.78, 5) is 2.36. The first-order valence-corrected chi connectivity index (χ1v) is 12.1. The first-order chi connectivity index (χ1) is 16.3. The molecular weight excluding hydrogens is 422 g/mol. The molecule has 0 saturated carbocycles. The molecule has 6 heteroatoms. The Morgan fingerprint density at radius 1 is 1.00 bits per heavy atom. The van der Waals surface area contributed by atoms with Crippen molar-refractivity contribution in [3.63, 3.8) is 0 Å². The number of fused-ring (bicyclic) bond motifs is 1. The minimum Gasteiger partial charge on any atom is -0.493 e. The highest BCUT2D eigenvalue weighted by molar-refractivity contribution is 5.69. The third-order valence-electron chi connectivity index (χ3n) is 6.16. The Balaban J connectivity index is 1.91. The fraction of sp³-hybridized carbons (Fsp3) is 0.393. The predicted molar refractivity (Wildman–Crippen MR) is 140 cm³/mol. The molecular formula is C28H35N5O. The van der Waals surface area contributed by atoms with Crippen LogP contribution in [0.1, 0.15) is 58.4 Å². The molecule has 0 amide bonds. The molecule has 2 aromatic heterocycles. The van der Waals surface area contributed by atoms with Crippen LogP contribution in [0.25, 0.3) is 23.1 Å². The van der Waals surface area contributed by atoms with E-state index in [4.69, 9.17) is 9.84 Å². The maximum Gasteiger partial charge on any atom is 0.189 e. The van der Waals surface area contributed by atoms with Gasteiger partial charge in [0.2, 0.25) is 0 Å². The fourth-order valence-corrected chi connectivity index (χ4v) is 4.35. The number of para-hydroxylation sites is 1. The van der Waals surface area contributed by atoms with Crippen molar-refractivity contribution in [2.24, 2.45) is 0 Å². The lowest BCUT2D eigenvalue weighted by atomic mass is 9.90. The van der Waals surface area contributed by atoms with E-state index in [9.17, 15) is 0 Å². The van der Waals surface area contributed by atoms with E-state index in [0.29, 0.717) is 12.4 Å². The van der Waals surface area contributed by atoms with E-state index in [0.717, 1.165) is 46.5 Å². The molecule has 178 valence electrons. The maximum absolute atomic E-state index is 5.85. The average molecular weight is 458 g/mol. The topological polar surface area (TPSA) is 55.6 Å². The van der Waals surface area contributed by atoms with E-state index in [1.807, 2.05) is 35.7 Å². The van der Waals surface area contributed by atoms with E-state index >= 15 is 0 Å². The van der Waals surface area contributed by atoms with Gasteiger partial charge < -0.3 is 9.64 Å². The van der Waals surface area contributed by atoms with Crippen LogP contribution in [0, 0.1) is 6.92 Å². The second-order valence-corrected chi connectivity index (χ2v) is 9.56. The number of hydrogen-bond acceptors (Lipinski definition) is 5. The van der Waals surface area contributed by atoms with Gasteiger partial charge in [0.1, 0.15) is 5.75 Å². The third-order valence-corrected chi connectivity index (χ3v) is 6.16. The van der Waals surface area contributed by atoms with E-state index in [2.05, 4.69) is 80.9 Å². The van der Waals surface area contributed by atoms with Gasteiger partial charge in [0.25, 0.3) is 0 Å². The number of nitrogens with zero attached hydrogens (tertiary/aromatic N) is 5. The van der Waals surface area contributed by atoms with Crippen LogP contribution in [0.3, 0.4) is 0 Å². The zero-order chi connectivity index (χ0) is 24.5. The van der Waals surface area contributed by atoms with Gasteiger partial charge in [0, 0.05) is 29.4 Å². The second-order valence-electron chi connectivity index (χ2n) is 9.56. The van der Waals surface area contributed by atoms with Gasteiger partial charge in [-0.2, -0.15) is 9.61 Å². The van der Waals surface area contributed by atoms with Gasteiger partial charge in [0.05, 0.1) is 17.9 Å². The lowest BCUT2D eigenvalue weighted by Crippen LogP contribution is -2.22. The minimum absolute atomic E-state index is 0.154. The fourth-order valence-electron chi connectivity index (χ4n) is 4.35. The number of hydrogen-bond donors (Lipinski definition) is 0. The SMILES string of the molecule is CCOc1ccccc1-c1nnc2/c(=C\c3ccc(N(CC)CC)cc3C)c(C(C)(C)C)nn12. The molecule has 4 rings (SSSR count). The highest BCUT2D eigenvalue weighted by Gasteiger charge is 2.25. The predicted octanol–water partition coefficient (Wildman–Crippen LogP) is 5.19. The Morgan fingerprint density at radius 2 is 1.74 bits per heavy atom. The molecule has 0 spiro atoms. The van der Waals surface area contributed by atoms with Crippen molar-refractivity contribution in [2.75, 3.05) is 24.6 Å². The molecule has 0 bridgehead atoms. The minimum atomic E-state index is -0.154. The van der Waals surface area contributed by atoms with Crippen molar-refractivity contribution in [2.45, 2.75) is 53.9 Å². The highest BCUT2D eigenvalue weighted by Crippen LogP contribution is 2.29. The molecule has 2 heterocycles. The van der Waals surface area contributed by atoms with Gasteiger partial charge in [-0.1, -0.05) is 39.0 Å². The maximum atomic E-state index is 5.85. The number of benzene rings is 2. The third kappa shape index (κ3) is 4.37. The monoisotopic (exact) mass is 457 g/mol. The van der Waals surface area contributed by atoms with Crippen LogP contribution in [0.4, 0.5) is 5.69 Å². The lowest BCUT2D eigenvalue weighted by Gasteiger charge is -2.22. The standard InChI is InChI=1S/C28H35N5O/c1-8-32(9-2)21-16-15-20(19(4)17-21)18-23-25(28(5,6)7)31-33-26(29-30-27(23)33)22-13-11-12-14-24(22)34-10-3/h11-18H,8-10H2,1-7H3/b23-18-. The number of aryl methyl sites for hydroxylation is 1. The van der Waals surface area contributed by atoms with E-state index in [1.165, 1.54) is 11.3 Å². The summed E-state index contributed by atoms with van der Waals surface area (Å²) in [5.74, 6) is 1.48. The normalized spacial score (nSPS) is 12.5. The molecule has 4 aromatic rings. The van der Waals surface area contributed by atoms with Gasteiger partial charge in [-0.15, -0.1) is 10.2 Å². The summed E-state index contributed by atoms with van der Waals surface area (Å²) in [6.45, 7) is 17.6. The van der Waals surface area contributed by atoms with Crippen molar-refractivity contribution in [3.8, 4) is 17.1 Å². The molecule has 0 aliphatic rings. The van der Waals surface area contributed by atoms with Gasteiger partial charge in [0.15, 0.2) is 11.5 Å². The quantitative estimate of drug-likeness (QED) is 0.382. The molecule has 6 nitrogen and oxygen atoms in total. The Kier molecular flexibility index (Phi) is 6.60. The molecule has 0 radical (unpaired) electrons. The lowest BCUT2D eigenvalue weighted by molar-refractivity contribution is 0.341. The van der Waals surface area contributed by atoms with Crippen LogP contribution >= 0.6 is 0 Å². The summed E-state index contributed by atoms with van der Waals surface area (Å²) in [6.07, 6.45) is 2.21. The zero-order valence-electron chi connectivity index (χ0n) is 21.4.